The Hall–Kier alpha value is -1.92. The average molecular weight is 373 g/mol. The van der Waals surface area contributed by atoms with E-state index >= 15 is 0 Å². The summed E-state index contributed by atoms with van der Waals surface area (Å²) in [6.45, 7) is 4.53. The van der Waals surface area contributed by atoms with E-state index in [9.17, 15) is 14.7 Å². The van der Waals surface area contributed by atoms with Crippen LogP contribution in [-0.4, -0.2) is 66.1 Å². The lowest BCUT2D eigenvalue weighted by Gasteiger charge is -2.28. The smallest absolute Gasteiger partial charge is 0.227 e. The van der Waals surface area contributed by atoms with E-state index in [2.05, 4.69) is 22.3 Å². The molecule has 6 heteroatoms. The van der Waals surface area contributed by atoms with E-state index in [0.29, 0.717) is 32.5 Å². The second-order valence-electron chi connectivity index (χ2n) is 7.79. The van der Waals surface area contributed by atoms with Crippen molar-refractivity contribution in [1.82, 2.24) is 15.1 Å². The summed E-state index contributed by atoms with van der Waals surface area (Å²) in [5, 5.41) is 12.6. The highest BCUT2D eigenvalue weighted by Crippen LogP contribution is 2.35. The monoisotopic (exact) mass is 373 g/mol. The van der Waals surface area contributed by atoms with Gasteiger partial charge in [-0.3, -0.25) is 14.5 Å². The zero-order valence-electron chi connectivity index (χ0n) is 16.0. The molecule has 0 bridgehead atoms. The van der Waals surface area contributed by atoms with Gasteiger partial charge in [-0.05, 0) is 37.8 Å². The maximum absolute atomic E-state index is 12.9. The van der Waals surface area contributed by atoms with Gasteiger partial charge in [-0.25, -0.2) is 0 Å². The van der Waals surface area contributed by atoms with Crippen LogP contribution in [0.5, 0.6) is 0 Å². The molecular formula is C21H31N3O3. The summed E-state index contributed by atoms with van der Waals surface area (Å²) in [6.07, 6.45) is 3.65. The predicted octanol–water partition coefficient (Wildman–Crippen LogP) is 1.39. The molecule has 27 heavy (non-hydrogen) atoms. The molecule has 0 aliphatic carbocycles. The molecule has 0 radical (unpaired) electrons. The number of benzene rings is 1. The van der Waals surface area contributed by atoms with Gasteiger partial charge in [0.1, 0.15) is 0 Å². The van der Waals surface area contributed by atoms with Gasteiger partial charge in [-0.15, -0.1) is 0 Å². The minimum atomic E-state index is -0.507. The maximum atomic E-state index is 12.9. The number of hydrogen-bond donors (Lipinski definition) is 2. The Morgan fingerprint density at radius 1 is 1.22 bits per heavy atom. The van der Waals surface area contributed by atoms with Crippen LogP contribution in [0.1, 0.15) is 37.7 Å². The normalized spacial score (nSPS) is 23.1. The molecule has 0 saturated carbocycles. The van der Waals surface area contributed by atoms with Crippen LogP contribution in [0.4, 0.5) is 0 Å². The highest BCUT2D eigenvalue weighted by Gasteiger charge is 2.43. The van der Waals surface area contributed by atoms with E-state index in [0.717, 1.165) is 38.9 Å². The third-order valence-corrected chi connectivity index (χ3v) is 5.82. The SMILES string of the molecule is O=C1CCCN1CCCNC(=O)C1(CCO)CCN(Cc2ccccc2)C1. The third-order valence-electron chi connectivity index (χ3n) is 5.82. The first kappa shape index (κ1) is 19.8. The third kappa shape index (κ3) is 5.08. The van der Waals surface area contributed by atoms with E-state index in [1.54, 1.807) is 0 Å². The van der Waals surface area contributed by atoms with Gasteiger partial charge in [0.2, 0.25) is 11.8 Å². The summed E-state index contributed by atoms with van der Waals surface area (Å²) >= 11 is 0. The van der Waals surface area contributed by atoms with E-state index in [1.165, 1.54) is 5.56 Å². The number of carbonyl (C=O) groups excluding carboxylic acids is 2. The number of carbonyl (C=O) groups is 2. The number of likely N-dealkylation sites (tertiary alicyclic amines) is 2. The Morgan fingerprint density at radius 3 is 2.74 bits per heavy atom. The lowest BCUT2D eigenvalue weighted by molar-refractivity contribution is -0.131. The molecule has 2 aliphatic rings. The van der Waals surface area contributed by atoms with Crippen LogP contribution in [0.25, 0.3) is 0 Å². The second-order valence-corrected chi connectivity index (χ2v) is 7.79. The van der Waals surface area contributed by atoms with Crippen LogP contribution in [0.2, 0.25) is 0 Å². The Morgan fingerprint density at radius 2 is 2.04 bits per heavy atom. The van der Waals surface area contributed by atoms with Gasteiger partial charge in [0.15, 0.2) is 0 Å². The quantitative estimate of drug-likeness (QED) is 0.642. The van der Waals surface area contributed by atoms with Crippen molar-refractivity contribution >= 4 is 11.8 Å². The van der Waals surface area contributed by atoms with E-state index in [4.69, 9.17) is 0 Å². The standard InChI is InChI=1S/C21H31N3O3/c25-15-10-21(9-14-23(17-21)16-18-6-2-1-3-7-18)20(27)22-11-5-13-24-12-4-8-19(24)26/h1-3,6-7,25H,4-5,8-17H2,(H,22,27). The largest absolute Gasteiger partial charge is 0.396 e. The van der Waals surface area contributed by atoms with Gasteiger partial charge >= 0.3 is 0 Å². The number of hydrogen-bond acceptors (Lipinski definition) is 4. The molecule has 2 fully saturated rings. The predicted molar refractivity (Wildman–Crippen MR) is 104 cm³/mol. The molecule has 2 saturated heterocycles. The lowest BCUT2D eigenvalue weighted by Crippen LogP contribution is -2.44. The maximum Gasteiger partial charge on any atom is 0.227 e. The number of amides is 2. The first-order chi connectivity index (χ1) is 13.1. The fourth-order valence-electron chi connectivity index (χ4n) is 4.25. The van der Waals surface area contributed by atoms with Crippen molar-refractivity contribution < 1.29 is 14.7 Å². The van der Waals surface area contributed by atoms with Gasteiger partial charge in [-0.1, -0.05) is 30.3 Å². The molecule has 2 heterocycles. The van der Waals surface area contributed by atoms with Gasteiger partial charge in [0.05, 0.1) is 5.41 Å². The zero-order chi connectivity index (χ0) is 19.1. The highest BCUT2D eigenvalue weighted by atomic mass is 16.3. The van der Waals surface area contributed by atoms with Crippen molar-refractivity contribution in [2.24, 2.45) is 5.41 Å². The molecule has 2 N–H and O–H groups in total. The average Bonchev–Trinajstić information content (AvgIpc) is 3.27. The van der Waals surface area contributed by atoms with E-state index < -0.39 is 5.41 Å². The van der Waals surface area contributed by atoms with Crippen LogP contribution in [0.15, 0.2) is 30.3 Å². The Kier molecular flexibility index (Phi) is 6.85. The summed E-state index contributed by atoms with van der Waals surface area (Å²) in [5.41, 5.74) is 0.737. The van der Waals surface area contributed by atoms with Crippen molar-refractivity contribution in [1.29, 1.82) is 0 Å². The molecule has 2 aliphatic heterocycles. The number of aliphatic hydroxyl groups is 1. The van der Waals surface area contributed by atoms with Gasteiger partial charge in [0, 0.05) is 45.8 Å². The summed E-state index contributed by atoms with van der Waals surface area (Å²) in [6, 6.07) is 10.3. The minimum absolute atomic E-state index is 0.0227. The Labute approximate surface area is 161 Å². The fraction of sp³-hybridized carbons (Fsp3) is 0.619. The van der Waals surface area contributed by atoms with Gasteiger partial charge < -0.3 is 15.3 Å². The minimum Gasteiger partial charge on any atom is -0.396 e. The van der Waals surface area contributed by atoms with Crippen molar-refractivity contribution in [3.63, 3.8) is 0 Å². The first-order valence-corrected chi connectivity index (χ1v) is 10.1. The zero-order valence-corrected chi connectivity index (χ0v) is 16.0. The van der Waals surface area contributed by atoms with Crippen molar-refractivity contribution in [2.75, 3.05) is 39.3 Å². The topological polar surface area (TPSA) is 72.9 Å². The van der Waals surface area contributed by atoms with Crippen LogP contribution in [0.3, 0.4) is 0 Å². The van der Waals surface area contributed by atoms with Crippen LogP contribution in [-0.2, 0) is 16.1 Å². The van der Waals surface area contributed by atoms with Crippen LogP contribution < -0.4 is 5.32 Å². The molecule has 0 spiro atoms. The number of nitrogens with one attached hydrogen (secondary N) is 1. The second kappa shape index (κ2) is 9.33. The fourth-order valence-corrected chi connectivity index (χ4v) is 4.25. The number of aliphatic hydroxyl groups excluding tert-OH is 1. The van der Waals surface area contributed by atoms with Crippen molar-refractivity contribution in [2.45, 2.75) is 38.6 Å². The summed E-state index contributed by atoms with van der Waals surface area (Å²) in [7, 11) is 0. The molecule has 1 aromatic carbocycles. The molecule has 6 nitrogen and oxygen atoms in total. The molecule has 148 valence electrons. The number of nitrogens with zero attached hydrogens (tertiary/aromatic N) is 2. The molecule has 1 unspecified atom stereocenters. The summed E-state index contributed by atoms with van der Waals surface area (Å²) in [5.74, 6) is 0.269. The summed E-state index contributed by atoms with van der Waals surface area (Å²) < 4.78 is 0. The summed E-state index contributed by atoms with van der Waals surface area (Å²) in [4.78, 5) is 28.7. The van der Waals surface area contributed by atoms with E-state index in [1.807, 2.05) is 23.1 Å². The lowest BCUT2D eigenvalue weighted by atomic mass is 9.82. The number of rotatable bonds is 9. The Balaban J connectivity index is 1.48. The molecule has 1 atom stereocenters. The van der Waals surface area contributed by atoms with Crippen LogP contribution >= 0.6 is 0 Å². The first-order valence-electron chi connectivity index (χ1n) is 10.1. The molecular weight excluding hydrogens is 342 g/mol. The molecule has 1 aromatic rings. The van der Waals surface area contributed by atoms with Gasteiger partial charge in [0.25, 0.3) is 0 Å². The van der Waals surface area contributed by atoms with Crippen molar-refractivity contribution in [3.8, 4) is 0 Å². The van der Waals surface area contributed by atoms with Crippen LogP contribution in [0, 0.1) is 5.41 Å². The van der Waals surface area contributed by atoms with E-state index in [-0.39, 0.29) is 18.4 Å². The van der Waals surface area contributed by atoms with Gasteiger partial charge in [-0.2, -0.15) is 0 Å². The molecule has 3 rings (SSSR count). The van der Waals surface area contributed by atoms with Crippen molar-refractivity contribution in [3.05, 3.63) is 35.9 Å². The Bertz CT molecular complexity index is 637. The molecule has 0 aromatic heterocycles. The highest BCUT2D eigenvalue weighted by molar-refractivity contribution is 5.83. The molecule has 2 amide bonds.